The molecule has 0 bridgehead atoms. The Balaban J connectivity index is 2.37. The zero-order chi connectivity index (χ0) is 11.0. The van der Waals surface area contributed by atoms with Crippen molar-refractivity contribution in [2.45, 2.75) is 13.0 Å². The standard InChI is InChI=1S/C9H8Br2N2OS/c1-4(12)6-3-15-9(13-6)7-2-5(10)8(11)14-7/h2-4H,12H2,1H3. The van der Waals surface area contributed by atoms with Crippen molar-refractivity contribution >= 4 is 43.2 Å². The topological polar surface area (TPSA) is 52.0 Å². The van der Waals surface area contributed by atoms with Gasteiger partial charge in [-0.2, -0.15) is 0 Å². The van der Waals surface area contributed by atoms with Crippen molar-refractivity contribution in [2.24, 2.45) is 5.73 Å². The van der Waals surface area contributed by atoms with Crippen molar-refractivity contribution in [3.63, 3.8) is 0 Å². The van der Waals surface area contributed by atoms with Crippen molar-refractivity contribution in [1.29, 1.82) is 0 Å². The van der Waals surface area contributed by atoms with Crippen molar-refractivity contribution in [3.05, 3.63) is 26.3 Å². The first kappa shape index (κ1) is 11.3. The third-order valence-electron chi connectivity index (χ3n) is 1.84. The number of hydrogen-bond acceptors (Lipinski definition) is 4. The van der Waals surface area contributed by atoms with E-state index >= 15 is 0 Å². The highest BCUT2D eigenvalue weighted by atomic mass is 79.9. The minimum Gasteiger partial charge on any atom is -0.446 e. The van der Waals surface area contributed by atoms with Gasteiger partial charge in [-0.25, -0.2) is 4.98 Å². The third kappa shape index (κ3) is 2.33. The molecule has 6 heteroatoms. The number of thiazole rings is 1. The van der Waals surface area contributed by atoms with E-state index in [0.717, 1.165) is 20.9 Å². The number of nitrogens with zero attached hydrogens (tertiary/aromatic N) is 1. The van der Waals surface area contributed by atoms with Gasteiger partial charge in [0.1, 0.15) is 0 Å². The van der Waals surface area contributed by atoms with Crippen LogP contribution in [0.4, 0.5) is 0 Å². The molecule has 80 valence electrons. The van der Waals surface area contributed by atoms with E-state index in [1.807, 2.05) is 18.4 Å². The van der Waals surface area contributed by atoms with Crippen LogP contribution < -0.4 is 5.73 Å². The number of halogens is 2. The monoisotopic (exact) mass is 350 g/mol. The summed E-state index contributed by atoms with van der Waals surface area (Å²) < 4.78 is 7.03. The van der Waals surface area contributed by atoms with Crippen LogP contribution in [0.2, 0.25) is 0 Å². The number of nitrogens with two attached hydrogens (primary N) is 1. The molecule has 0 aliphatic heterocycles. The summed E-state index contributed by atoms with van der Waals surface area (Å²) in [6.07, 6.45) is 0. The van der Waals surface area contributed by atoms with Crippen LogP contribution >= 0.6 is 43.2 Å². The largest absolute Gasteiger partial charge is 0.446 e. The van der Waals surface area contributed by atoms with Gasteiger partial charge in [-0.3, -0.25) is 0 Å². The molecule has 0 amide bonds. The average molecular weight is 352 g/mol. The molecule has 0 aliphatic rings. The molecule has 1 unspecified atom stereocenters. The number of hydrogen-bond donors (Lipinski definition) is 1. The maximum Gasteiger partial charge on any atom is 0.184 e. The van der Waals surface area contributed by atoms with Gasteiger partial charge in [0.15, 0.2) is 15.4 Å². The molecule has 2 aromatic heterocycles. The molecule has 2 N–H and O–H groups in total. The Labute approximate surface area is 108 Å². The summed E-state index contributed by atoms with van der Waals surface area (Å²) in [5, 5.41) is 2.79. The van der Waals surface area contributed by atoms with Gasteiger partial charge >= 0.3 is 0 Å². The van der Waals surface area contributed by atoms with Crippen molar-refractivity contribution < 1.29 is 4.42 Å². The van der Waals surface area contributed by atoms with Crippen LogP contribution in [0.25, 0.3) is 10.8 Å². The fourth-order valence-corrected chi connectivity index (χ4v) is 2.51. The first-order valence-corrected chi connectivity index (χ1v) is 6.70. The summed E-state index contributed by atoms with van der Waals surface area (Å²) >= 11 is 8.17. The highest BCUT2D eigenvalue weighted by Gasteiger charge is 2.13. The van der Waals surface area contributed by atoms with Gasteiger partial charge in [0.2, 0.25) is 0 Å². The Hall–Kier alpha value is -0.170. The zero-order valence-corrected chi connectivity index (χ0v) is 11.8. The quantitative estimate of drug-likeness (QED) is 0.891. The first-order valence-electron chi connectivity index (χ1n) is 4.24. The van der Waals surface area contributed by atoms with Gasteiger partial charge in [0, 0.05) is 17.5 Å². The average Bonchev–Trinajstić information content (AvgIpc) is 2.74. The SMILES string of the molecule is CC(N)c1csc(-c2cc(Br)c(Br)o2)n1. The van der Waals surface area contributed by atoms with Gasteiger partial charge in [0.05, 0.1) is 10.2 Å². The molecule has 0 spiro atoms. The third-order valence-corrected chi connectivity index (χ3v) is 4.43. The van der Waals surface area contributed by atoms with E-state index in [4.69, 9.17) is 10.2 Å². The fraction of sp³-hybridized carbons (Fsp3) is 0.222. The molecule has 1 atom stereocenters. The van der Waals surface area contributed by atoms with Crippen LogP contribution in [0, 0.1) is 0 Å². The molecule has 0 saturated carbocycles. The highest BCUT2D eigenvalue weighted by Crippen LogP contribution is 2.34. The lowest BCUT2D eigenvalue weighted by atomic mass is 10.3. The lowest BCUT2D eigenvalue weighted by Gasteiger charge is -1.96. The van der Waals surface area contributed by atoms with Crippen molar-refractivity contribution in [3.8, 4) is 10.8 Å². The summed E-state index contributed by atoms with van der Waals surface area (Å²) in [6, 6.07) is 1.84. The molecule has 2 aromatic rings. The van der Waals surface area contributed by atoms with Crippen molar-refractivity contribution in [2.75, 3.05) is 0 Å². The van der Waals surface area contributed by atoms with E-state index in [1.165, 1.54) is 11.3 Å². The van der Waals surface area contributed by atoms with Gasteiger partial charge in [0.25, 0.3) is 0 Å². The van der Waals surface area contributed by atoms with E-state index < -0.39 is 0 Å². The van der Waals surface area contributed by atoms with Gasteiger partial charge in [-0.15, -0.1) is 11.3 Å². The van der Waals surface area contributed by atoms with Gasteiger partial charge < -0.3 is 10.2 Å². The zero-order valence-electron chi connectivity index (χ0n) is 7.83. The minimum absolute atomic E-state index is 0.0446. The van der Waals surface area contributed by atoms with Gasteiger partial charge in [-0.1, -0.05) is 0 Å². The summed E-state index contributed by atoms with van der Waals surface area (Å²) in [7, 11) is 0. The van der Waals surface area contributed by atoms with E-state index in [2.05, 4.69) is 36.8 Å². The van der Waals surface area contributed by atoms with Gasteiger partial charge in [-0.05, 0) is 38.8 Å². The molecule has 2 rings (SSSR count). The fourth-order valence-electron chi connectivity index (χ4n) is 1.06. The van der Waals surface area contributed by atoms with Crippen LogP contribution in [0.5, 0.6) is 0 Å². The van der Waals surface area contributed by atoms with Crippen LogP contribution in [0.3, 0.4) is 0 Å². The minimum atomic E-state index is -0.0446. The molecule has 3 nitrogen and oxygen atoms in total. The summed E-state index contributed by atoms with van der Waals surface area (Å²) in [4.78, 5) is 4.39. The maximum absolute atomic E-state index is 5.74. The molecular formula is C9H8Br2N2OS. The molecule has 0 radical (unpaired) electrons. The van der Waals surface area contributed by atoms with Crippen LogP contribution in [0.15, 0.2) is 25.0 Å². The van der Waals surface area contributed by atoms with E-state index in [9.17, 15) is 0 Å². The Kier molecular flexibility index (Phi) is 3.30. The number of aromatic nitrogens is 1. The van der Waals surface area contributed by atoms with Crippen molar-refractivity contribution in [1.82, 2.24) is 4.98 Å². The first-order chi connectivity index (χ1) is 7.08. The molecular weight excluding hydrogens is 344 g/mol. The Morgan fingerprint density at radius 1 is 1.53 bits per heavy atom. The lowest BCUT2D eigenvalue weighted by molar-refractivity contribution is 0.553. The summed E-state index contributed by atoms with van der Waals surface area (Å²) in [6.45, 7) is 1.91. The maximum atomic E-state index is 5.74. The second-order valence-electron chi connectivity index (χ2n) is 3.10. The lowest BCUT2D eigenvalue weighted by Crippen LogP contribution is -2.04. The smallest absolute Gasteiger partial charge is 0.184 e. The second-order valence-corrected chi connectivity index (χ2v) is 5.53. The Morgan fingerprint density at radius 3 is 2.73 bits per heavy atom. The normalized spacial score (nSPS) is 13.1. The van der Waals surface area contributed by atoms with Crippen LogP contribution in [0.1, 0.15) is 18.7 Å². The highest BCUT2D eigenvalue weighted by molar-refractivity contribution is 9.13. The Morgan fingerprint density at radius 2 is 2.27 bits per heavy atom. The number of furan rings is 1. The van der Waals surface area contributed by atoms with E-state index in [-0.39, 0.29) is 6.04 Å². The second kappa shape index (κ2) is 4.37. The molecule has 0 aromatic carbocycles. The molecule has 0 fully saturated rings. The predicted molar refractivity (Wildman–Crippen MR) is 67.8 cm³/mol. The number of rotatable bonds is 2. The molecule has 2 heterocycles. The van der Waals surface area contributed by atoms with Crippen LogP contribution in [-0.4, -0.2) is 4.98 Å². The summed E-state index contributed by atoms with van der Waals surface area (Å²) in [5.74, 6) is 0.741. The molecule has 0 aliphatic carbocycles. The molecule has 0 saturated heterocycles. The van der Waals surface area contributed by atoms with E-state index in [0.29, 0.717) is 4.67 Å². The Bertz CT molecular complexity index is 459. The van der Waals surface area contributed by atoms with Crippen LogP contribution in [-0.2, 0) is 0 Å². The molecule has 15 heavy (non-hydrogen) atoms. The summed E-state index contributed by atoms with van der Waals surface area (Å²) in [5.41, 5.74) is 6.62. The predicted octanol–water partition coefficient (Wildman–Crippen LogP) is 3.95. The van der Waals surface area contributed by atoms with E-state index in [1.54, 1.807) is 0 Å².